The second-order valence-corrected chi connectivity index (χ2v) is 10.2. The molecule has 0 fully saturated rings. The van der Waals surface area contributed by atoms with Crippen molar-refractivity contribution in [2.75, 3.05) is 0 Å². The molecule has 3 unspecified atom stereocenters. The van der Waals surface area contributed by atoms with Crippen molar-refractivity contribution < 1.29 is 0 Å². The summed E-state index contributed by atoms with van der Waals surface area (Å²) in [6.45, 7) is 11.5. The average Bonchev–Trinajstić information content (AvgIpc) is 3.09. The van der Waals surface area contributed by atoms with Crippen molar-refractivity contribution in [1.29, 1.82) is 0 Å². The first-order valence-electron chi connectivity index (χ1n) is 12.1. The van der Waals surface area contributed by atoms with E-state index in [0.29, 0.717) is 5.25 Å². The Morgan fingerprint density at radius 1 is 1.00 bits per heavy atom. The molecule has 29 heavy (non-hydrogen) atoms. The zero-order chi connectivity index (χ0) is 21.2. The van der Waals surface area contributed by atoms with Crippen molar-refractivity contribution in [3.05, 3.63) is 58.2 Å². The molecule has 0 heterocycles. The SMILES string of the molecule is CCC(C)CCC1=CC(Cc2cccc(C)c2)=C(CCCCC(S)C(C)CC)C1. The highest BCUT2D eigenvalue weighted by atomic mass is 32.1. The van der Waals surface area contributed by atoms with Crippen LogP contribution in [-0.4, -0.2) is 5.25 Å². The van der Waals surface area contributed by atoms with E-state index < -0.39 is 0 Å². The Hall–Kier alpha value is -0.950. The molecular formula is C28H44S. The van der Waals surface area contributed by atoms with E-state index in [1.165, 1.54) is 68.9 Å². The van der Waals surface area contributed by atoms with Crippen molar-refractivity contribution in [2.45, 2.75) is 104 Å². The van der Waals surface area contributed by atoms with Crippen LogP contribution in [0.3, 0.4) is 0 Å². The predicted octanol–water partition coefficient (Wildman–Crippen LogP) is 8.90. The predicted molar refractivity (Wildman–Crippen MR) is 134 cm³/mol. The van der Waals surface area contributed by atoms with Gasteiger partial charge in [0.15, 0.2) is 0 Å². The molecule has 0 nitrogen and oxygen atoms in total. The fraction of sp³-hybridized carbons (Fsp3) is 0.643. The fourth-order valence-corrected chi connectivity index (χ4v) is 4.69. The summed E-state index contributed by atoms with van der Waals surface area (Å²) in [7, 11) is 0. The minimum Gasteiger partial charge on any atom is -0.176 e. The maximum absolute atomic E-state index is 4.83. The molecule has 1 aromatic carbocycles. The Morgan fingerprint density at radius 2 is 1.79 bits per heavy atom. The van der Waals surface area contributed by atoms with Gasteiger partial charge in [-0.2, -0.15) is 12.6 Å². The van der Waals surface area contributed by atoms with Gasteiger partial charge >= 0.3 is 0 Å². The van der Waals surface area contributed by atoms with Crippen LogP contribution in [0.1, 0.15) is 96.6 Å². The van der Waals surface area contributed by atoms with E-state index >= 15 is 0 Å². The molecule has 0 saturated heterocycles. The van der Waals surface area contributed by atoms with Gasteiger partial charge in [0.1, 0.15) is 0 Å². The van der Waals surface area contributed by atoms with E-state index in [9.17, 15) is 0 Å². The summed E-state index contributed by atoms with van der Waals surface area (Å²) in [5.74, 6) is 1.57. The zero-order valence-corrected chi connectivity index (χ0v) is 20.5. The van der Waals surface area contributed by atoms with Gasteiger partial charge in [-0.05, 0) is 74.8 Å². The number of thiol groups is 1. The van der Waals surface area contributed by atoms with E-state index in [-0.39, 0.29) is 0 Å². The minimum atomic E-state index is 0.563. The van der Waals surface area contributed by atoms with Gasteiger partial charge < -0.3 is 0 Å². The Morgan fingerprint density at radius 3 is 2.48 bits per heavy atom. The summed E-state index contributed by atoms with van der Waals surface area (Å²) in [6, 6.07) is 9.05. The first kappa shape index (κ1) is 24.3. The van der Waals surface area contributed by atoms with Crippen LogP contribution in [0.4, 0.5) is 0 Å². The van der Waals surface area contributed by atoms with Gasteiger partial charge in [0.05, 0.1) is 0 Å². The normalized spacial score (nSPS) is 17.4. The third kappa shape index (κ3) is 8.36. The summed E-state index contributed by atoms with van der Waals surface area (Å²) in [4.78, 5) is 0. The molecule has 0 saturated carbocycles. The fourth-order valence-electron chi connectivity index (χ4n) is 4.30. The third-order valence-corrected chi connectivity index (χ3v) is 7.70. The quantitative estimate of drug-likeness (QED) is 0.243. The van der Waals surface area contributed by atoms with Gasteiger partial charge in [0, 0.05) is 5.25 Å². The van der Waals surface area contributed by atoms with Crippen LogP contribution in [-0.2, 0) is 6.42 Å². The Bertz CT molecular complexity index is 681. The number of rotatable bonds is 13. The van der Waals surface area contributed by atoms with Gasteiger partial charge in [0.2, 0.25) is 0 Å². The van der Waals surface area contributed by atoms with Crippen LogP contribution in [0, 0.1) is 18.8 Å². The highest BCUT2D eigenvalue weighted by molar-refractivity contribution is 7.81. The summed E-state index contributed by atoms with van der Waals surface area (Å²) in [5.41, 5.74) is 7.83. The van der Waals surface area contributed by atoms with Gasteiger partial charge in [-0.1, -0.05) is 94.0 Å². The van der Waals surface area contributed by atoms with E-state index in [4.69, 9.17) is 12.6 Å². The number of allylic oxidation sites excluding steroid dienone is 4. The van der Waals surface area contributed by atoms with Gasteiger partial charge in [-0.3, -0.25) is 0 Å². The molecule has 0 aromatic heterocycles. The first-order chi connectivity index (χ1) is 13.9. The standard InChI is InChI=1S/C28H44S/c1-6-21(3)15-16-25-18-26(13-8-9-14-28(29)23(5)7-2)27(20-25)19-24-12-10-11-22(4)17-24/h10-12,17,20-21,23,28-29H,6-9,13-16,18-19H2,1-5H3. The van der Waals surface area contributed by atoms with Crippen molar-refractivity contribution in [2.24, 2.45) is 11.8 Å². The molecule has 2 rings (SSSR count). The number of hydrogen-bond acceptors (Lipinski definition) is 1. The molecule has 1 aliphatic rings. The minimum absolute atomic E-state index is 0.563. The molecule has 1 heteroatoms. The second kappa shape index (κ2) is 12.7. The average molecular weight is 413 g/mol. The van der Waals surface area contributed by atoms with Crippen LogP contribution in [0.25, 0.3) is 0 Å². The topological polar surface area (TPSA) is 0 Å². The molecule has 1 aromatic rings. The van der Waals surface area contributed by atoms with Gasteiger partial charge in [0.25, 0.3) is 0 Å². The Balaban J connectivity index is 1.96. The van der Waals surface area contributed by atoms with Gasteiger partial charge in [-0.25, -0.2) is 0 Å². The summed E-state index contributed by atoms with van der Waals surface area (Å²) >= 11 is 4.83. The van der Waals surface area contributed by atoms with E-state index in [1.807, 2.05) is 0 Å². The summed E-state index contributed by atoms with van der Waals surface area (Å²) in [5, 5.41) is 0.563. The van der Waals surface area contributed by atoms with Crippen molar-refractivity contribution in [3.8, 4) is 0 Å². The Labute approximate surface area is 186 Å². The second-order valence-electron chi connectivity index (χ2n) is 9.52. The maximum atomic E-state index is 4.83. The van der Waals surface area contributed by atoms with Crippen molar-refractivity contribution in [1.82, 2.24) is 0 Å². The lowest BCUT2D eigenvalue weighted by molar-refractivity contribution is 0.494. The monoisotopic (exact) mass is 412 g/mol. The third-order valence-electron chi connectivity index (χ3n) is 6.93. The van der Waals surface area contributed by atoms with E-state index in [1.54, 1.807) is 16.7 Å². The Kier molecular flexibility index (Phi) is 10.6. The number of hydrogen-bond donors (Lipinski definition) is 1. The summed E-state index contributed by atoms with van der Waals surface area (Å²) < 4.78 is 0. The smallest absolute Gasteiger partial charge is 0.00423 e. The molecule has 0 amide bonds. The van der Waals surface area contributed by atoms with E-state index in [2.05, 4.69) is 65.0 Å². The lowest BCUT2D eigenvalue weighted by Crippen LogP contribution is -2.10. The number of unbranched alkanes of at least 4 members (excludes halogenated alkanes) is 1. The van der Waals surface area contributed by atoms with Gasteiger partial charge in [-0.15, -0.1) is 0 Å². The maximum Gasteiger partial charge on any atom is 0.00423 e. The number of benzene rings is 1. The molecule has 3 atom stereocenters. The van der Waals surface area contributed by atoms with E-state index in [0.717, 1.165) is 18.3 Å². The van der Waals surface area contributed by atoms with Crippen LogP contribution >= 0.6 is 12.6 Å². The van der Waals surface area contributed by atoms with Crippen LogP contribution in [0.15, 0.2) is 47.1 Å². The van der Waals surface area contributed by atoms with Crippen molar-refractivity contribution >= 4 is 12.6 Å². The van der Waals surface area contributed by atoms with Crippen LogP contribution in [0.2, 0.25) is 0 Å². The summed E-state index contributed by atoms with van der Waals surface area (Å²) in [6.07, 6.45) is 15.2. The van der Waals surface area contributed by atoms with Crippen LogP contribution in [0.5, 0.6) is 0 Å². The lowest BCUT2D eigenvalue weighted by atomic mass is 9.94. The zero-order valence-electron chi connectivity index (χ0n) is 19.6. The molecule has 1 aliphatic carbocycles. The highest BCUT2D eigenvalue weighted by Gasteiger charge is 2.17. The molecule has 0 radical (unpaired) electrons. The van der Waals surface area contributed by atoms with Crippen LogP contribution < -0.4 is 0 Å². The van der Waals surface area contributed by atoms with Crippen molar-refractivity contribution in [3.63, 3.8) is 0 Å². The first-order valence-corrected chi connectivity index (χ1v) is 12.6. The molecular weight excluding hydrogens is 368 g/mol. The molecule has 0 N–H and O–H groups in total. The largest absolute Gasteiger partial charge is 0.176 e. The number of aryl methyl sites for hydroxylation is 1. The molecule has 0 aliphatic heterocycles. The molecule has 162 valence electrons. The lowest BCUT2D eigenvalue weighted by Gasteiger charge is -2.17. The highest BCUT2D eigenvalue weighted by Crippen LogP contribution is 2.35. The molecule has 0 bridgehead atoms. The molecule has 0 spiro atoms.